The van der Waals surface area contributed by atoms with E-state index in [0.717, 1.165) is 44.7 Å². The fourth-order valence-electron chi connectivity index (χ4n) is 3.60. The summed E-state index contributed by atoms with van der Waals surface area (Å²) in [6.45, 7) is 2.51. The molecule has 3 rings (SSSR count). The summed E-state index contributed by atoms with van der Waals surface area (Å²) in [5, 5.41) is 0. The zero-order chi connectivity index (χ0) is 15.5. The Morgan fingerprint density at radius 3 is 2.68 bits per heavy atom. The van der Waals surface area contributed by atoms with Crippen LogP contribution in [-0.2, 0) is 4.79 Å². The Hall–Kier alpha value is -1.55. The van der Waals surface area contributed by atoms with Crippen LogP contribution in [0, 0.1) is 0 Å². The Kier molecular flexibility index (Phi) is 4.67. The Morgan fingerprint density at radius 1 is 1.23 bits per heavy atom. The molecule has 0 aliphatic carbocycles. The van der Waals surface area contributed by atoms with Crippen molar-refractivity contribution in [3.05, 3.63) is 29.8 Å². The molecule has 2 aliphatic heterocycles. The van der Waals surface area contributed by atoms with Crippen LogP contribution < -0.4 is 4.74 Å². The van der Waals surface area contributed by atoms with E-state index in [1.165, 1.54) is 5.56 Å². The van der Waals surface area contributed by atoms with Gasteiger partial charge in [-0.2, -0.15) is 0 Å². The molecule has 1 aromatic rings. The first kappa shape index (κ1) is 15.3. The highest BCUT2D eigenvalue weighted by atomic mass is 16.5. The van der Waals surface area contributed by atoms with Gasteiger partial charge in [0.15, 0.2) is 0 Å². The molecule has 1 aromatic carbocycles. The molecule has 0 saturated carbocycles. The smallest absolute Gasteiger partial charge is 0.223 e. The van der Waals surface area contributed by atoms with Crippen LogP contribution in [0.5, 0.6) is 5.75 Å². The molecule has 4 heteroatoms. The number of hydrogen-bond donors (Lipinski definition) is 0. The molecule has 4 nitrogen and oxygen atoms in total. The largest absolute Gasteiger partial charge is 0.493 e. The summed E-state index contributed by atoms with van der Waals surface area (Å²) >= 11 is 0. The van der Waals surface area contributed by atoms with E-state index in [4.69, 9.17) is 4.74 Å². The molecule has 0 spiro atoms. The number of fused-ring (bicyclic) bond motifs is 1. The summed E-state index contributed by atoms with van der Waals surface area (Å²) in [7, 11) is 4.25. The lowest BCUT2D eigenvalue weighted by atomic mass is 9.89. The first-order chi connectivity index (χ1) is 10.6. The predicted molar refractivity (Wildman–Crippen MR) is 87.2 cm³/mol. The van der Waals surface area contributed by atoms with Gasteiger partial charge in [0.25, 0.3) is 0 Å². The number of carbonyl (C=O) groups is 1. The normalized spacial score (nSPS) is 22.3. The fraction of sp³-hybridized carbons (Fsp3) is 0.611. The third-order valence-corrected chi connectivity index (χ3v) is 5.05. The quantitative estimate of drug-likeness (QED) is 0.860. The second kappa shape index (κ2) is 6.69. The van der Waals surface area contributed by atoms with Crippen LogP contribution >= 0.6 is 0 Å². The van der Waals surface area contributed by atoms with Crippen LogP contribution in [0.2, 0.25) is 0 Å². The lowest BCUT2D eigenvalue weighted by molar-refractivity contribution is -0.133. The number of likely N-dealkylation sites (tertiary alicyclic amines) is 1. The van der Waals surface area contributed by atoms with E-state index in [1.54, 1.807) is 0 Å². The topological polar surface area (TPSA) is 32.8 Å². The monoisotopic (exact) mass is 302 g/mol. The summed E-state index contributed by atoms with van der Waals surface area (Å²) in [6, 6.07) is 8.76. The molecule has 0 unspecified atom stereocenters. The van der Waals surface area contributed by atoms with Gasteiger partial charge in [-0.05, 0) is 50.9 Å². The first-order valence-electron chi connectivity index (χ1n) is 8.31. The van der Waals surface area contributed by atoms with Crippen molar-refractivity contribution in [2.24, 2.45) is 0 Å². The van der Waals surface area contributed by atoms with Gasteiger partial charge in [0.1, 0.15) is 5.75 Å². The molecule has 1 atom stereocenters. The first-order valence-corrected chi connectivity index (χ1v) is 8.31. The summed E-state index contributed by atoms with van der Waals surface area (Å²) in [6.07, 6.45) is 3.73. The van der Waals surface area contributed by atoms with Crippen LogP contribution in [0.1, 0.15) is 37.2 Å². The van der Waals surface area contributed by atoms with Crippen LogP contribution in [0.4, 0.5) is 0 Å². The highest BCUT2D eigenvalue weighted by molar-refractivity contribution is 5.77. The van der Waals surface area contributed by atoms with Crippen molar-refractivity contribution in [2.75, 3.05) is 33.8 Å². The van der Waals surface area contributed by atoms with Gasteiger partial charge >= 0.3 is 0 Å². The van der Waals surface area contributed by atoms with Gasteiger partial charge in [-0.15, -0.1) is 0 Å². The van der Waals surface area contributed by atoms with Crippen LogP contribution in [0.15, 0.2) is 24.3 Å². The average molecular weight is 302 g/mol. The third-order valence-electron chi connectivity index (χ3n) is 5.05. The number of piperidine rings is 1. The second-order valence-corrected chi connectivity index (χ2v) is 6.65. The van der Waals surface area contributed by atoms with Crippen molar-refractivity contribution >= 4 is 5.91 Å². The minimum atomic E-state index is 0.305. The van der Waals surface area contributed by atoms with Gasteiger partial charge in [-0.1, -0.05) is 18.2 Å². The highest BCUT2D eigenvalue weighted by Gasteiger charge is 2.28. The Balaban J connectivity index is 1.59. The Labute approximate surface area is 133 Å². The van der Waals surface area contributed by atoms with Crippen molar-refractivity contribution in [1.82, 2.24) is 9.80 Å². The summed E-state index contributed by atoms with van der Waals surface area (Å²) < 4.78 is 5.69. The van der Waals surface area contributed by atoms with E-state index in [9.17, 15) is 4.79 Å². The second-order valence-electron chi connectivity index (χ2n) is 6.65. The highest BCUT2D eigenvalue weighted by Crippen LogP contribution is 2.36. The summed E-state index contributed by atoms with van der Waals surface area (Å²) in [5.41, 5.74) is 1.20. The molecule has 120 valence electrons. The van der Waals surface area contributed by atoms with E-state index >= 15 is 0 Å². The molecular weight excluding hydrogens is 276 g/mol. The molecule has 0 N–H and O–H groups in total. The molecule has 2 aliphatic rings. The molecule has 22 heavy (non-hydrogen) atoms. The molecule has 1 fully saturated rings. The van der Waals surface area contributed by atoms with Crippen molar-refractivity contribution in [1.29, 1.82) is 0 Å². The molecule has 1 amide bonds. The van der Waals surface area contributed by atoms with E-state index < -0.39 is 0 Å². The van der Waals surface area contributed by atoms with Crippen molar-refractivity contribution in [3.63, 3.8) is 0 Å². The van der Waals surface area contributed by atoms with E-state index in [0.29, 0.717) is 24.3 Å². The van der Waals surface area contributed by atoms with E-state index in [1.807, 2.05) is 18.2 Å². The molecule has 0 radical (unpaired) electrons. The van der Waals surface area contributed by atoms with Crippen LogP contribution in [0.25, 0.3) is 0 Å². The number of para-hydroxylation sites is 1. The molecule has 1 saturated heterocycles. The fourth-order valence-corrected chi connectivity index (χ4v) is 3.60. The SMILES string of the molecule is CN(C)C1CCN(C(=O)C[C@@H]2CCOc3ccccc32)CC1. The van der Waals surface area contributed by atoms with E-state index in [2.05, 4.69) is 30.0 Å². The lowest BCUT2D eigenvalue weighted by Crippen LogP contribution is -2.44. The van der Waals surface area contributed by atoms with Crippen molar-refractivity contribution in [2.45, 2.75) is 37.6 Å². The summed E-state index contributed by atoms with van der Waals surface area (Å²) in [4.78, 5) is 17.0. The number of carbonyl (C=O) groups excluding carboxylic acids is 1. The number of nitrogens with zero attached hydrogens (tertiary/aromatic N) is 2. The van der Waals surface area contributed by atoms with Gasteiger partial charge in [0.2, 0.25) is 5.91 Å². The van der Waals surface area contributed by atoms with Crippen LogP contribution in [-0.4, -0.2) is 55.5 Å². The zero-order valence-electron chi connectivity index (χ0n) is 13.6. The van der Waals surface area contributed by atoms with Gasteiger partial charge < -0.3 is 14.5 Å². The molecular formula is C18H26N2O2. The Bertz CT molecular complexity index is 522. The van der Waals surface area contributed by atoms with Crippen LogP contribution in [0.3, 0.4) is 0 Å². The standard InChI is InChI=1S/C18H26N2O2/c1-19(2)15-7-10-20(11-8-15)18(21)13-14-9-12-22-17-6-4-3-5-16(14)17/h3-6,14-15H,7-13H2,1-2H3/t14-/m0/s1. The van der Waals surface area contributed by atoms with Crippen molar-refractivity contribution in [3.8, 4) is 5.75 Å². The van der Waals surface area contributed by atoms with Gasteiger partial charge in [0.05, 0.1) is 6.61 Å². The molecule has 0 aromatic heterocycles. The van der Waals surface area contributed by atoms with Crippen molar-refractivity contribution < 1.29 is 9.53 Å². The maximum Gasteiger partial charge on any atom is 0.223 e. The maximum absolute atomic E-state index is 12.6. The average Bonchev–Trinajstić information content (AvgIpc) is 2.55. The minimum Gasteiger partial charge on any atom is -0.493 e. The zero-order valence-corrected chi connectivity index (χ0v) is 13.6. The number of rotatable bonds is 3. The Morgan fingerprint density at radius 2 is 1.95 bits per heavy atom. The predicted octanol–water partition coefficient (Wildman–Crippen LogP) is 2.50. The third kappa shape index (κ3) is 3.27. The number of amides is 1. The minimum absolute atomic E-state index is 0.305. The van der Waals surface area contributed by atoms with Gasteiger partial charge in [-0.25, -0.2) is 0 Å². The lowest BCUT2D eigenvalue weighted by Gasteiger charge is -2.36. The molecule has 2 heterocycles. The number of benzene rings is 1. The maximum atomic E-state index is 12.6. The number of hydrogen-bond acceptors (Lipinski definition) is 3. The molecule has 0 bridgehead atoms. The van der Waals surface area contributed by atoms with E-state index in [-0.39, 0.29) is 0 Å². The van der Waals surface area contributed by atoms with Gasteiger partial charge in [-0.3, -0.25) is 4.79 Å². The summed E-state index contributed by atoms with van der Waals surface area (Å²) in [5.74, 6) is 1.57. The number of ether oxygens (including phenoxy) is 1. The van der Waals surface area contributed by atoms with Gasteiger partial charge in [0, 0.05) is 25.6 Å².